The van der Waals surface area contributed by atoms with Gasteiger partial charge in [-0.05, 0) is 49.9 Å². The number of carbonyl (C=O) groups is 1. The third kappa shape index (κ3) is 4.53. The van der Waals surface area contributed by atoms with Crippen LogP contribution in [-0.2, 0) is 11.3 Å². The van der Waals surface area contributed by atoms with E-state index in [0.717, 1.165) is 45.6 Å². The van der Waals surface area contributed by atoms with Crippen LogP contribution in [0.4, 0.5) is 0 Å². The molecule has 2 aromatic rings. The number of piperidine rings is 1. The summed E-state index contributed by atoms with van der Waals surface area (Å²) in [6.45, 7) is 8.65. The van der Waals surface area contributed by atoms with E-state index in [9.17, 15) is 4.79 Å². The molecule has 1 unspecified atom stereocenters. The highest BCUT2D eigenvalue weighted by molar-refractivity contribution is 5.79. The minimum atomic E-state index is 0.159. The molecule has 3 nitrogen and oxygen atoms in total. The molecule has 1 aliphatic heterocycles. The van der Waals surface area contributed by atoms with Crippen LogP contribution in [-0.4, -0.2) is 41.9 Å². The Balaban J connectivity index is 1.61. The number of benzene rings is 2. The Hall–Kier alpha value is -2.13. The maximum atomic E-state index is 12.7. The number of amides is 1. The normalized spacial score (nSPS) is 17.8. The fraction of sp³-hybridized carbons (Fsp3) is 0.435. The molecule has 3 rings (SSSR count). The van der Waals surface area contributed by atoms with Gasteiger partial charge < -0.3 is 4.90 Å². The molecule has 1 saturated heterocycles. The third-order valence-electron chi connectivity index (χ3n) is 5.40. The lowest BCUT2D eigenvalue weighted by Gasteiger charge is -2.34. The van der Waals surface area contributed by atoms with Crippen LogP contribution in [0.1, 0.15) is 32.3 Å². The van der Waals surface area contributed by atoms with E-state index in [4.69, 9.17) is 0 Å². The molecular weight excluding hydrogens is 320 g/mol. The fourth-order valence-corrected chi connectivity index (χ4v) is 3.89. The van der Waals surface area contributed by atoms with Crippen molar-refractivity contribution in [3.05, 3.63) is 60.2 Å². The van der Waals surface area contributed by atoms with Crippen molar-refractivity contribution in [3.8, 4) is 11.1 Å². The van der Waals surface area contributed by atoms with E-state index in [0.29, 0.717) is 5.91 Å². The summed E-state index contributed by atoms with van der Waals surface area (Å²) >= 11 is 0. The van der Waals surface area contributed by atoms with Gasteiger partial charge in [-0.1, -0.05) is 54.6 Å². The molecule has 0 spiro atoms. The van der Waals surface area contributed by atoms with Gasteiger partial charge in [0.2, 0.25) is 5.91 Å². The van der Waals surface area contributed by atoms with E-state index in [1.165, 1.54) is 16.7 Å². The summed E-state index contributed by atoms with van der Waals surface area (Å²) in [7, 11) is 0. The molecule has 0 N–H and O–H groups in total. The summed E-state index contributed by atoms with van der Waals surface area (Å²) in [5.41, 5.74) is 3.82. The van der Waals surface area contributed by atoms with Crippen LogP contribution in [0.5, 0.6) is 0 Å². The van der Waals surface area contributed by atoms with Crippen LogP contribution in [0.25, 0.3) is 11.1 Å². The lowest BCUT2D eigenvalue weighted by Crippen LogP contribution is -2.44. The van der Waals surface area contributed by atoms with Gasteiger partial charge in [-0.25, -0.2) is 0 Å². The molecule has 0 aromatic heterocycles. The third-order valence-corrected chi connectivity index (χ3v) is 5.40. The van der Waals surface area contributed by atoms with Gasteiger partial charge in [0.25, 0.3) is 0 Å². The number of hydrogen-bond donors (Lipinski definition) is 0. The predicted octanol–water partition coefficient (Wildman–Crippen LogP) is 4.43. The molecule has 0 radical (unpaired) electrons. The highest BCUT2D eigenvalue weighted by Gasteiger charge is 2.28. The summed E-state index contributed by atoms with van der Waals surface area (Å²) in [5, 5.41) is 0. The number of hydrogen-bond acceptors (Lipinski definition) is 2. The van der Waals surface area contributed by atoms with E-state index in [1.54, 1.807) is 0 Å². The molecule has 0 bridgehead atoms. The zero-order chi connectivity index (χ0) is 18.4. The van der Waals surface area contributed by atoms with Gasteiger partial charge >= 0.3 is 0 Å². The van der Waals surface area contributed by atoms with Crippen LogP contribution in [0.3, 0.4) is 0 Å². The summed E-state index contributed by atoms with van der Waals surface area (Å²) in [4.78, 5) is 17.1. The van der Waals surface area contributed by atoms with Crippen molar-refractivity contribution in [2.24, 2.45) is 5.92 Å². The number of rotatable bonds is 6. The monoisotopic (exact) mass is 350 g/mol. The smallest absolute Gasteiger partial charge is 0.226 e. The minimum absolute atomic E-state index is 0.159. The fourth-order valence-electron chi connectivity index (χ4n) is 3.89. The summed E-state index contributed by atoms with van der Waals surface area (Å²) < 4.78 is 0. The van der Waals surface area contributed by atoms with E-state index >= 15 is 0 Å². The van der Waals surface area contributed by atoms with E-state index in [-0.39, 0.29) is 5.92 Å². The first-order chi connectivity index (χ1) is 12.7. The standard InChI is InChI=1S/C23H30N2O/c1-3-25(4-2)23(26)22-11-8-16-24(18-22)17-19-12-14-21(15-13-19)20-9-6-5-7-10-20/h5-7,9-10,12-15,22H,3-4,8,11,16-18H2,1-2H3. The van der Waals surface area contributed by atoms with Crippen LogP contribution in [0.2, 0.25) is 0 Å². The Morgan fingerprint density at radius 2 is 1.65 bits per heavy atom. The first kappa shape index (κ1) is 18.7. The first-order valence-corrected chi connectivity index (χ1v) is 9.86. The maximum Gasteiger partial charge on any atom is 0.226 e. The average molecular weight is 351 g/mol. The van der Waals surface area contributed by atoms with Crippen LogP contribution >= 0.6 is 0 Å². The quantitative estimate of drug-likeness (QED) is 0.769. The molecule has 1 heterocycles. The Bertz CT molecular complexity index is 692. The van der Waals surface area contributed by atoms with Gasteiger partial charge in [0.15, 0.2) is 0 Å². The van der Waals surface area contributed by atoms with Crippen molar-refractivity contribution >= 4 is 5.91 Å². The second kappa shape index (κ2) is 9.00. The zero-order valence-electron chi connectivity index (χ0n) is 16.0. The molecule has 1 atom stereocenters. The first-order valence-electron chi connectivity index (χ1n) is 9.86. The maximum absolute atomic E-state index is 12.7. The second-order valence-corrected chi connectivity index (χ2v) is 7.15. The van der Waals surface area contributed by atoms with Crippen LogP contribution in [0.15, 0.2) is 54.6 Å². The number of nitrogens with zero attached hydrogens (tertiary/aromatic N) is 2. The summed E-state index contributed by atoms with van der Waals surface area (Å²) in [5.74, 6) is 0.492. The largest absolute Gasteiger partial charge is 0.343 e. The predicted molar refractivity (Wildman–Crippen MR) is 108 cm³/mol. The Morgan fingerprint density at radius 1 is 1.00 bits per heavy atom. The van der Waals surface area contributed by atoms with Crippen molar-refractivity contribution in [1.29, 1.82) is 0 Å². The molecule has 0 aliphatic carbocycles. The molecule has 0 saturated carbocycles. The lowest BCUT2D eigenvalue weighted by molar-refractivity contribution is -0.137. The van der Waals surface area contributed by atoms with Gasteiger partial charge in [-0.15, -0.1) is 0 Å². The topological polar surface area (TPSA) is 23.6 Å². The second-order valence-electron chi connectivity index (χ2n) is 7.15. The van der Waals surface area contributed by atoms with Crippen molar-refractivity contribution in [2.75, 3.05) is 26.2 Å². The molecule has 26 heavy (non-hydrogen) atoms. The molecule has 1 amide bonds. The molecule has 3 heteroatoms. The van der Waals surface area contributed by atoms with Crippen molar-refractivity contribution in [2.45, 2.75) is 33.2 Å². The molecule has 2 aromatic carbocycles. The Labute approximate surface area is 157 Å². The molecular formula is C23H30N2O. The highest BCUT2D eigenvalue weighted by Crippen LogP contribution is 2.23. The SMILES string of the molecule is CCN(CC)C(=O)C1CCCN(Cc2ccc(-c3ccccc3)cc2)C1. The zero-order valence-corrected chi connectivity index (χ0v) is 16.0. The molecule has 1 aliphatic rings. The summed E-state index contributed by atoms with van der Waals surface area (Å²) in [6.07, 6.45) is 2.14. The van der Waals surface area contributed by atoms with Gasteiger partial charge in [-0.2, -0.15) is 0 Å². The van der Waals surface area contributed by atoms with Gasteiger partial charge in [-0.3, -0.25) is 9.69 Å². The Kier molecular flexibility index (Phi) is 6.45. The van der Waals surface area contributed by atoms with Crippen molar-refractivity contribution in [3.63, 3.8) is 0 Å². The molecule has 1 fully saturated rings. The number of carbonyl (C=O) groups excluding carboxylic acids is 1. The minimum Gasteiger partial charge on any atom is -0.343 e. The van der Waals surface area contributed by atoms with E-state index < -0.39 is 0 Å². The average Bonchev–Trinajstić information content (AvgIpc) is 2.70. The van der Waals surface area contributed by atoms with Crippen molar-refractivity contribution in [1.82, 2.24) is 9.80 Å². The molecule has 138 valence electrons. The van der Waals surface area contributed by atoms with Gasteiger partial charge in [0.1, 0.15) is 0 Å². The lowest BCUT2D eigenvalue weighted by atomic mass is 9.95. The van der Waals surface area contributed by atoms with E-state index in [2.05, 4.69) is 67.3 Å². The summed E-state index contributed by atoms with van der Waals surface area (Å²) in [6, 6.07) is 19.3. The van der Waals surface area contributed by atoms with Gasteiger partial charge in [0, 0.05) is 26.2 Å². The van der Waals surface area contributed by atoms with Crippen LogP contribution in [0, 0.1) is 5.92 Å². The highest BCUT2D eigenvalue weighted by atomic mass is 16.2. The van der Waals surface area contributed by atoms with Crippen molar-refractivity contribution < 1.29 is 4.79 Å². The van der Waals surface area contributed by atoms with Crippen LogP contribution < -0.4 is 0 Å². The van der Waals surface area contributed by atoms with Gasteiger partial charge in [0.05, 0.1) is 5.92 Å². The Morgan fingerprint density at radius 3 is 2.31 bits per heavy atom. The number of likely N-dealkylation sites (tertiary alicyclic amines) is 1. The van der Waals surface area contributed by atoms with E-state index in [1.807, 2.05) is 11.0 Å².